The fraction of sp³-hybridized carbons (Fsp3) is 0.571. The Kier molecular flexibility index (Phi) is 10.1. The molecule has 0 spiro atoms. The number of aryl methyl sites for hydroxylation is 3. The molecule has 1 aromatic carbocycles. The van der Waals surface area contributed by atoms with Crippen LogP contribution in [0, 0.1) is 17.2 Å². The van der Waals surface area contributed by atoms with Crippen LogP contribution in [-0.4, -0.2) is 51.7 Å². The lowest BCUT2D eigenvalue weighted by atomic mass is 9.89. The number of nitrogens with one attached hydrogen (secondary N) is 1. The second kappa shape index (κ2) is 14.2. The minimum absolute atomic E-state index is 0.338. The number of aromatic nitrogens is 2. The van der Waals surface area contributed by atoms with E-state index >= 15 is 0 Å². The number of nitrogens with zero attached hydrogens (tertiary/aromatic N) is 4. The number of amides is 1. The summed E-state index contributed by atoms with van der Waals surface area (Å²) in [6.45, 7) is 8.97. The first-order chi connectivity index (χ1) is 20.0. The average Bonchev–Trinajstić information content (AvgIpc) is 2.99. The number of rotatable bonds is 12. The van der Waals surface area contributed by atoms with Gasteiger partial charge in [0.25, 0.3) is 0 Å². The lowest BCUT2D eigenvalue weighted by Gasteiger charge is -2.38. The van der Waals surface area contributed by atoms with E-state index in [1.807, 2.05) is 10.7 Å². The predicted octanol–water partition coefficient (Wildman–Crippen LogP) is 6.51. The van der Waals surface area contributed by atoms with Crippen molar-refractivity contribution >= 4 is 5.91 Å². The molecule has 2 unspecified atom stereocenters. The fourth-order valence-corrected chi connectivity index (χ4v) is 6.46. The van der Waals surface area contributed by atoms with Gasteiger partial charge in [0.05, 0.1) is 5.69 Å². The Bertz CT molecular complexity index is 1300. The molecule has 1 fully saturated rings. The Balaban J connectivity index is 0.914. The maximum absolute atomic E-state index is 12.7. The molecule has 6 heteroatoms. The quantitative estimate of drug-likeness (QED) is 0.304. The van der Waals surface area contributed by atoms with Gasteiger partial charge in [0.1, 0.15) is 5.49 Å². The Morgan fingerprint density at radius 2 is 1.56 bits per heavy atom. The van der Waals surface area contributed by atoms with Crippen LogP contribution >= 0.6 is 0 Å². The van der Waals surface area contributed by atoms with Gasteiger partial charge in [-0.15, -0.1) is 0 Å². The highest BCUT2D eigenvalue weighted by atomic mass is 16.2. The minimum Gasteiger partial charge on any atom is -0.368 e. The normalized spacial score (nSPS) is 20.0. The summed E-state index contributed by atoms with van der Waals surface area (Å²) in [6.07, 6.45) is 19.0. The van der Waals surface area contributed by atoms with Crippen LogP contribution in [0.1, 0.15) is 82.8 Å². The third-order valence-corrected chi connectivity index (χ3v) is 9.39. The molecule has 3 aliphatic rings. The monoisotopic (exact) mass is 555 g/mol. The molecule has 1 N–H and O–H groups in total. The van der Waals surface area contributed by atoms with Crippen LogP contribution in [0.25, 0.3) is 11.3 Å². The maximum Gasteiger partial charge on any atom is 0.222 e. The summed E-state index contributed by atoms with van der Waals surface area (Å²) in [5, 5.41) is 13.3. The molecule has 2 heterocycles. The van der Waals surface area contributed by atoms with Crippen LogP contribution in [0.15, 0.2) is 54.3 Å². The van der Waals surface area contributed by atoms with Gasteiger partial charge in [-0.1, -0.05) is 88.8 Å². The highest BCUT2D eigenvalue weighted by molar-refractivity contribution is 5.76. The number of unbranched alkanes of at least 4 members (excludes halogenated alkanes) is 7. The van der Waals surface area contributed by atoms with E-state index in [-0.39, 0.29) is 0 Å². The van der Waals surface area contributed by atoms with E-state index in [4.69, 9.17) is 10.5 Å². The third kappa shape index (κ3) is 7.58. The molecule has 6 nitrogen and oxygen atoms in total. The van der Waals surface area contributed by atoms with Crippen LogP contribution in [0.2, 0.25) is 0 Å². The Labute approximate surface area is 246 Å². The van der Waals surface area contributed by atoms with Crippen molar-refractivity contribution in [3.05, 3.63) is 70.9 Å². The van der Waals surface area contributed by atoms with Gasteiger partial charge >= 0.3 is 0 Å². The topological polar surface area (TPSA) is 65.2 Å². The summed E-state index contributed by atoms with van der Waals surface area (Å²) in [5.74, 6) is 1.53. The zero-order valence-electron chi connectivity index (χ0n) is 25.3. The molecule has 1 aliphatic heterocycles. The molecule has 1 saturated heterocycles. The van der Waals surface area contributed by atoms with E-state index in [0.29, 0.717) is 29.7 Å². The van der Waals surface area contributed by atoms with Gasteiger partial charge in [-0.2, -0.15) is 5.10 Å². The lowest BCUT2D eigenvalue weighted by Crippen LogP contribution is -2.48. The molecule has 220 valence electrons. The van der Waals surface area contributed by atoms with Gasteiger partial charge in [0.2, 0.25) is 5.91 Å². The maximum atomic E-state index is 12.7. The SMILES string of the molecule is CC1C=CC(N2CCN(C(=O)CCCCCCCCCCn3nc4c(cc3=N)CCc3ccccc3-4)CC2)=CC1C. The van der Waals surface area contributed by atoms with Crippen molar-refractivity contribution in [1.82, 2.24) is 19.6 Å². The Hall–Kier alpha value is -3.15. The zero-order chi connectivity index (χ0) is 28.6. The van der Waals surface area contributed by atoms with Crippen molar-refractivity contribution < 1.29 is 4.79 Å². The van der Waals surface area contributed by atoms with Crippen molar-refractivity contribution in [2.45, 2.75) is 91.0 Å². The summed E-state index contributed by atoms with van der Waals surface area (Å²) < 4.78 is 1.89. The lowest BCUT2D eigenvalue weighted by molar-refractivity contribution is -0.132. The number of fused-ring (bicyclic) bond motifs is 3. The van der Waals surface area contributed by atoms with Crippen LogP contribution in [0.3, 0.4) is 0 Å². The first-order valence-electron chi connectivity index (χ1n) is 16.2. The predicted molar refractivity (Wildman–Crippen MR) is 166 cm³/mol. The number of hydrogen-bond donors (Lipinski definition) is 1. The molecule has 2 atom stereocenters. The van der Waals surface area contributed by atoms with E-state index in [2.05, 4.69) is 66.1 Å². The number of carbonyl (C=O) groups excluding carboxylic acids is 1. The van der Waals surface area contributed by atoms with Crippen molar-refractivity contribution in [3.63, 3.8) is 0 Å². The second-order valence-electron chi connectivity index (χ2n) is 12.4. The zero-order valence-corrected chi connectivity index (χ0v) is 25.3. The summed E-state index contributed by atoms with van der Waals surface area (Å²) >= 11 is 0. The molecule has 5 rings (SSSR count). The van der Waals surface area contributed by atoms with E-state index in [0.717, 1.165) is 70.5 Å². The van der Waals surface area contributed by atoms with E-state index in [1.54, 1.807) is 0 Å². The number of carbonyl (C=O) groups is 1. The van der Waals surface area contributed by atoms with Gasteiger partial charge in [0.15, 0.2) is 0 Å². The molecular formula is C35H49N5O. The molecule has 2 aromatic rings. The molecule has 0 bridgehead atoms. The number of benzene rings is 1. The molecule has 0 saturated carbocycles. The standard InChI is InChI=1S/C35H49N5O/c1-27-16-19-31(25-28(27)2)38-21-23-39(24-22-38)34(41)15-9-7-5-3-4-6-8-12-20-40-33(36)26-30-18-17-29-13-10-11-14-32(29)35(30)37-40/h10-11,13-14,16,19,25-28,36H,3-9,12,15,17-18,20-24H2,1-2H3. The van der Waals surface area contributed by atoms with Crippen LogP contribution in [0.5, 0.6) is 0 Å². The first-order valence-corrected chi connectivity index (χ1v) is 16.2. The largest absolute Gasteiger partial charge is 0.368 e. The number of allylic oxidation sites excluding steroid dienone is 3. The van der Waals surface area contributed by atoms with Crippen LogP contribution in [-0.2, 0) is 24.2 Å². The van der Waals surface area contributed by atoms with E-state index < -0.39 is 0 Å². The van der Waals surface area contributed by atoms with Gasteiger partial charge in [0, 0.05) is 50.4 Å². The number of piperazine rings is 1. The number of hydrogen-bond acceptors (Lipinski definition) is 4. The van der Waals surface area contributed by atoms with Crippen molar-refractivity contribution in [3.8, 4) is 11.3 Å². The summed E-state index contributed by atoms with van der Waals surface area (Å²) in [4.78, 5) is 17.2. The molecule has 41 heavy (non-hydrogen) atoms. The fourth-order valence-electron chi connectivity index (χ4n) is 6.46. The van der Waals surface area contributed by atoms with Gasteiger partial charge in [-0.05, 0) is 60.8 Å². The summed E-state index contributed by atoms with van der Waals surface area (Å²) in [5.41, 5.74) is 6.76. The van der Waals surface area contributed by atoms with Crippen LogP contribution in [0.4, 0.5) is 0 Å². The molecule has 1 aromatic heterocycles. The first kappa shape index (κ1) is 29.3. The van der Waals surface area contributed by atoms with Gasteiger partial charge in [-0.25, -0.2) is 4.68 Å². The van der Waals surface area contributed by atoms with Crippen molar-refractivity contribution in [2.75, 3.05) is 26.2 Å². The van der Waals surface area contributed by atoms with Crippen molar-refractivity contribution in [2.24, 2.45) is 11.8 Å². The molecule has 2 aliphatic carbocycles. The summed E-state index contributed by atoms with van der Waals surface area (Å²) in [7, 11) is 0. The van der Waals surface area contributed by atoms with E-state index in [9.17, 15) is 4.79 Å². The Morgan fingerprint density at radius 3 is 2.32 bits per heavy atom. The minimum atomic E-state index is 0.338. The summed E-state index contributed by atoms with van der Waals surface area (Å²) in [6, 6.07) is 10.6. The van der Waals surface area contributed by atoms with Crippen molar-refractivity contribution in [1.29, 1.82) is 5.41 Å². The third-order valence-electron chi connectivity index (χ3n) is 9.39. The Morgan fingerprint density at radius 1 is 0.878 bits per heavy atom. The van der Waals surface area contributed by atoms with Gasteiger partial charge < -0.3 is 9.80 Å². The molecule has 1 amide bonds. The smallest absolute Gasteiger partial charge is 0.222 e. The highest BCUT2D eigenvalue weighted by Crippen LogP contribution is 2.30. The average molecular weight is 556 g/mol. The van der Waals surface area contributed by atoms with E-state index in [1.165, 1.54) is 54.5 Å². The highest BCUT2D eigenvalue weighted by Gasteiger charge is 2.23. The molecular weight excluding hydrogens is 506 g/mol. The van der Waals surface area contributed by atoms with Gasteiger partial charge in [-0.3, -0.25) is 10.2 Å². The second-order valence-corrected chi connectivity index (χ2v) is 12.4. The van der Waals surface area contributed by atoms with Crippen LogP contribution < -0.4 is 5.49 Å². The molecule has 0 radical (unpaired) electrons.